The average Bonchev–Trinajstić information content (AvgIpc) is 2.19. The molecule has 2 rings (SSSR count). The van der Waals surface area contributed by atoms with Gasteiger partial charge < -0.3 is 5.32 Å². The van der Waals surface area contributed by atoms with Gasteiger partial charge in [0.25, 0.3) is 0 Å². The van der Waals surface area contributed by atoms with Gasteiger partial charge >= 0.3 is 0 Å². The predicted octanol–water partition coefficient (Wildman–Crippen LogP) is 1.51. The fourth-order valence-corrected chi connectivity index (χ4v) is 1.35. The summed E-state index contributed by atoms with van der Waals surface area (Å²) < 4.78 is 0. The summed E-state index contributed by atoms with van der Waals surface area (Å²) in [7, 11) is 0. The second-order valence-electron chi connectivity index (χ2n) is 2.99. The molecule has 0 radical (unpaired) electrons. The third-order valence-corrected chi connectivity index (χ3v) is 1.97. The molecule has 4 nitrogen and oxygen atoms in total. The number of carbonyl (C=O) groups excluding carboxylic acids is 1. The zero-order valence-electron chi connectivity index (χ0n) is 7.69. The number of carbonyl (C=O) groups is 1. The van der Waals surface area contributed by atoms with Gasteiger partial charge in [-0.3, -0.25) is 4.79 Å². The van der Waals surface area contributed by atoms with Gasteiger partial charge in [0, 0.05) is 5.39 Å². The number of nitrogens with one attached hydrogen (secondary N) is 1. The fourth-order valence-electron chi connectivity index (χ4n) is 1.35. The van der Waals surface area contributed by atoms with E-state index in [4.69, 9.17) is 0 Å². The molecule has 14 heavy (non-hydrogen) atoms. The molecule has 70 valence electrons. The molecule has 1 amide bonds. The molecule has 2 aromatic rings. The van der Waals surface area contributed by atoms with Crippen LogP contribution in [0.4, 0.5) is 5.69 Å². The Balaban J connectivity index is 2.70. The van der Waals surface area contributed by atoms with Crippen molar-refractivity contribution < 1.29 is 4.79 Å². The minimum atomic E-state index is 0.657. The number of hydrogen-bond donors (Lipinski definition) is 1. The lowest BCUT2D eigenvalue weighted by atomic mass is 10.2. The predicted molar refractivity (Wildman–Crippen MR) is 54.0 cm³/mol. The number of nitrogens with zero attached hydrogens (tertiary/aromatic N) is 2. The van der Waals surface area contributed by atoms with Crippen molar-refractivity contribution >= 4 is 23.0 Å². The summed E-state index contributed by atoms with van der Waals surface area (Å²) in [4.78, 5) is 10.4. The third kappa shape index (κ3) is 1.42. The Bertz CT molecular complexity index is 482. The van der Waals surface area contributed by atoms with Crippen LogP contribution in [0.1, 0.15) is 5.69 Å². The summed E-state index contributed by atoms with van der Waals surface area (Å²) in [6.45, 7) is 1.87. The Hall–Kier alpha value is -1.97. The standard InChI is InChI=1S/C10H9N3O/c1-7-5-8-9(11-6-14)3-2-4-10(8)13-12-7/h2-6H,1H3,(H,11,14). The minimum Gasteiger partial charge on any atom is -0.328 e. The molecule has 0 bridgehead atoms. The zero-order chi connectivity index (χ0) is 9.97. The highest BCUT2D eigenvalue weighted by molar-refractivity contribution is 5.95. The molecule has 0 saturated heterocycles. The van der Waals surface area contributed by atoms with Crippen LogP contribution in [0.2, 0.25) is 0 Å². The van der Waals surface area contributed by atoms with Crippen LogP contribution in [-0.2, 0) is 4.79 Å². The van der Waals surface area contributed by atoms with E-state index in [1.807, 2.05) is 31.2 Å². The number of fused-ring (bicyclic) bond motifs is 1. The number of hydrogen-bond acceptors (Lipinski definition) is 3. The van der Waals surface area contributed by atoms with Crippen molar-refractivity contribution in [2.24, 2.45) is 0 Å². The summed E-state index contributed by atoms with van der Waals surface area (Å²) >= 11 is 0. The van der Waals surface area contributed by atoms with Crippen molar-refractivity contribution in [1.82, 2.24) is 10.2 Å². The average molecular weight is 187 g/mol. The van der Waals surface area contributed by atoms with Gasteiger partial charge in [-0.2, -0.15) is 10.2 Å². The monoisotopic (exact) mass is 187 g/mol. The summed E-state index contributed by atoms with van der Waals surface area (Å²) in [5, 5.41) is 11.5. The van der Waals surface area contributed by atoms with E-state index in [2.05, 4.69) is 15.5 Å². The second kappa shape index (κ2) is 3.41. The highest BCUT2D eigenvalue weighted by Gasteiger charge is 2.01. The van der Waals surface area contributed by atoms with E-state index < -0.39 is 0 Å². The van der Waals surface area contributed by atoms with Gasteiger partial charge in [-0.25, -0.2) is 0 Å². The van der Waals surface area contributed by atoms with E-state index >= 15 is 0 Å². The Morgan fingerprint density at radius 3 is 3.00 bits per heavy atom. The van der Waals surface area contributed by atoms with Crippen LogP contribution in [0.25, 0.3) is 10.9 Å². The van der Waals surface area contributed by atoms with Crippen LogP contribution in [0.5, 0.6) is 0 Å². The summed E-state index contributed by atoms with van der Waals surface area (Å²) in [5.41, 5.74) is 2.37. The quantitative estimate of drug-likeness (QED) is 0.725. The smallest absolute Gasteiger partial charge is 0.211 e. The normalized spacial score (nSPS) is 10.1. The lowest BCUT2D eigenvalue weighted by molar-refractivity contribution is -0.105. The van der Waals surface area contributed by atoms with E-state index in [0.29, 0.717) is 6.41 Å². The van der Waals surface area contributed by atoms with Gasteiger partial charge in [-0.05, 0) is 25.1 Å². The highest BCUT2D eigenvalue weighted by Crippen LogP contribution is 2.20. The Morgan fingerprint density at radius 2 is 2.21 bits per heavy atom. The van der Waals surface area contributed by atoms with E-state index in [1.54, 1.807) is 0 Å². The van der Waals surface area contributed by atoms with Crippen molar-refractivity contribution in [3.63, 3.8) is 0 Å². The first-order valence-corrected chi connectivity index (χ1v) is 4.24. The number of benzene rings is 1. The first-order chi connectivity index (χ1) is 6.81. The number of aromatic nitrogens is 2. The van der Waals surface area contributed by atoms with Gasteiger partial charge in [0.1, 0.15) is 0 Å². The fraction of sp³-hybridized carbons (Fsp3) is 0.100. The van der Waals surface area contributed by atoms with Crippen molar-refractivity contribution in [2.75, 3.05) is 5.32 Å². The van der Waals surface area contributed by atoms with Crippen LogP contribution in [0.15, 0.2) is 24.3 Å². The number of aryl methyl sites for hydroxylation is 1. The second-order valence-corrected chi connectivity index (χ2v) is 2.99. The van der Waals surface area contributed by atoms with Crippen LogP contribution < -0.4 is 5.32 Å². The van der Waals surface area contributed by atoms with E-state index in [1.165, 1.54) is 0 Å². The number of amides is 1. The van der Waals surface area contributed by atoms with Gasteiger partial charge in [-0.1, -0.05) is 6.07 Å². The van der Waals surface area contributed by atoms with Crippen LogP contribution >= 0.6 is 0 Å². The van der Waals surface area contributed by atoms with E-state index in [9.17, 15) is 4.79 Å². The Kier molecular flexibility index (Phi) is 2.10. The SMILES string of the molecule is Cc1cc2c(NC=O)cccc2nn1. The molecule has 1 heterocycles. The topological polar surface area (TPSA) is 54.9 Å². The maximum absolute atomic E-state index is 10.4. The molecule has 0 aliphatic carbocycles. The molecule has 0 unspecified atom stereocenters. The molecule has 1 aromatic carbocycles. The molecular weight excluding hydrogens is 178 g/mol. The Morgan fingerprint density at radius 1 is 1.36 bits per heavy atom. The molecule has 0 fully saturated rings. The van der Waals surface area contributed by atoms with Crippen molar-refractivity contribution in [2.45, 2.75) is 6.92 Å². The summed E-state index contributed by atoms with van der Waals surface area (Å²) in [5.74, 6) is 0. The molecule has 0 aliphatic rings. The lowest BCUT2D eigenvalue weighted by Crippen LogP contribution is -1.96. The summed E-state index contributed by atoms with van der Waals surface area (Å²) in [6, 6.07) is 7.42. The number of rotatable bonds is 2. The summed E-state index contributed by atoms with van der Waals surface area (Å²) in [6.07, 6.45) is 0.657. The molecule has 0 saturated carbocycles. The van der Waals surface area contributed by atoms with Crippen LogP contribution in [0, 0.1) is 6.92 Å². The van der Waals surface area contributed by atoms with Gasteiger partial charge in [0.05, 0.1) is 16.9 Å². The maximum Gasteiger partial charge on any atom is 0.211 e. The number of anilines is 1. The molecular formula is C10H9N3O. The molecule has 0 spiro atoms. The lowest BCUT2D eigenvalue weighted by Gasteiger charge is -2.03. The minimum absolute atomic E-state index is 0.657. The van der Waals surface area contributed by atoms with E-state index in [-0.39, 0.29) is 0 Å². The van der Waals surface area contributed by atoms with Crippen molar-refractivity contribution in [3.05, 3.63) is 30.0 Å². The van der Waals surface area contributed by atoms with Crippen LogP contribution in [0.3, 0.4) is 0 Å². The molecule has 1 N–H and O–H groups in total. The first kappa shape index (κ1) is 8.62. The van der Waals surface area contributed by atoms with Gasteiger partial charge in [0.2, 0.25) is 6.41 Å². The Labute approximate surface area is 81.0 Å². The largest absolute Gasteiger partial charge is 0.328 e. The molecule has 1 aromatic heterocycles. The maximum atomic E-state index is 10.4. The third-order valence-electron chi connectivity index (χ3n) is 1.97. The van der Waals surface area contributed by atoms with E-state index in [0.717, 1.165) is 22.3 Å². The highest BCUT2D eigenvalue weighted by atomic mass is 16.1. The van der Waals surface area contributed by atoms with Crippen molar-refractivity contribution in [1.29, 1.82) is 0 Å². The molecule has 4 heteroatoms. The molecule has 0 aliphatic heterocycles. The van der Waals surface area contributed by atoms with Gasteiger partial charge in [0.15, 0.2) is 0 Å². The molecule has 0 atom stereocenters. The van der Waals surface area contributed by atoms with Gasteiger partial charge in [-0.15, -0.1) is 0 Å². The zero-order valence-corrected chi connectivity index (χ0v) is 7.69. The van der Waals surface area contributed by atoms with Crippen molar-refractivity contribution in [3.8, 4) is 0 Å². The van der Waals surface area contributed by atoms with Crippen LogP contribution in [-0.4, -0.2) is 16.6 Å². The first-order valence-electron chi connectivity index (χ1n) is 4.24.